The van der Waals surface area contributed by atoms with Crippen molar-refractivity contribution in [3.63, 3.8) is 0 Å². The van der Waals surface area contributed by atoms with Gasteiger partial charge in [0.2, 0.25) is 0 Å². The second-order valence-corrected chi connectivity index (χ2v) is 6.30. The van der Waals surface area contributed by atoms with Gasteiger partial charge < -0.3 is 9.64 Å². The molecule has 0 spiro atoms. The molecule has 124 valence electrons. The topological polar surface area (TPSA) is 46.6 Å². The van der Waals surface area contributed by atoms with Crippen LogP contribution in [0.1, 0.15) is 47.1 Å². The Morgan fingerprint density at radius 2 is 1.71 bits per heavy atom. The molecule has 1 amide bonds. The molecule has 24 heavy (non-hydrogen) atoms. The Morgan fingerprint density at radius 3 is 2.33 bits per heavy atom. The van der Waals surface area contributed by atoms with Crippen molar-refractivity contribution in [2.75, 3.05) is 11.4 Å². The van der Waals surface area contributed by atoms with E-state index >= 15 is 0 Å². The van der Waals surface area contributed by atoms with E-state index in [1.807, 2.05) is 38.1 Å². The third kappa shape index (κ3) is 3.18. The van der Waals surface area contributed by atoms with Crippen LogP contribution >= 0.6 is 0 Å². The number of anilines is 1. The van der Waals surface area contributed by atoms with Gasteiger partial charge in [0.05, 0.1) is 6.10 Å². The van der Waals surface area contributed by atoms with E-state index in [-0.39, 0.29) is 17.8 Å². The summed E-state index contributed by atoms with van der Waals surface area (Å²) in [4.78, 5) is 26.1. The minimum absolute atomic E-state index is 0.0274. The van der Waals surface area contributed by atoms with E-state index in [0.717, 1.165) is 23.4 Å². The first-order chi connectivity index (χ1) is 11.5. The zero-order chi connectivity index (χ0) is 17.3. The highest BCUT2D eigenvalue weighted by Crippen LogP contribution is 2.30. The summed E-state index contributed by atoms with van der Waals surface area (Å²) >= 11 is 0. The highest BCUT2D eigenvalue weighted by atomic mass is 16.5. The van der Waals surface area contributed by atoms with E-state index in [2.05, 4.69) is 0 Å². The van der Waals surface area contributed by atoms with Crippen molar-refractivity contribution in [1.82, 2.24) is 0 Å². The van der Waals surface area contributed by atoms with E-state index in [1.165, 1.54) is 0 Å². The largest absolute Gasteiger partial charge is 0.491 e. The van der Waals surface area contributed by atoms with Crippen LogP contribution in [0.15, 0.2) is 42.5 Å². The van der Waals surface area contributed by atoms with Crippen molar-refractivity contribution < 1.29 is 14.3 Å². The molecule has 1 aliphatic rings. The van der Waals surface area contributed by atoms with Crippen LogP contribution in [0.2, 0.25) is 0 Å². The van der Waals surface area contributed by atoms with Crippen molar-refractivity contribution in [2.24, 2.45) is 0 Å². The molecule has 3 rings (SSSR count). The number of fused-ring (bicyclic) bond motifs is 1. The molecule has 0 atom stereocenters. The van der Waals surface area contributed by atoms with Gasteiger partial charge in [0.25, 0.3) is 5.91 Å². The Morgan fingerprint density at radius 1 is 1.04 bits per heavy atom. The minimum Gasteiger partial charge on any atom is -0.491 e. The maximum Gasteiger partial charge on any atom is 0.258 e. The highest BCUT2D eigenvalue weighted by Gasteiger charge is 2.26. The van der Waals surface area contributed by atoms with Gasteiger partial charge >= 0.3 is 0 Å². The smallest absolute Gasteiger partial charge is 0.258 e. The number of carbonyl (C=O) groups is 2. The number of ether oxygens (including phenoxy) is 1. The first-order valence-electron chi connectivity index (χ1n) is 8.18. The van der Waals surface area contributed by atoms with Crippen molar-refractivity contribution in [2.45, 2.75) is 33.3 Å². The van der Waals surface area contributed by atoms with E-state index in [1.54, 1.807) is 30.0 Å². The van der Waals surface area contributed by atoms with Crippen LogP contribution < -0.4 is 9.64 Å². The lowest BCUT2D eigenvalue weighted by atomic mass is 10.1. The summed E-state index contributed by atoms with van der Waals surface area (Å²) < 4.78 is 5.61. The van der Waals surface area contributed by atoms with Crippen molar-refractivity contribution in [1.29, 1.82) is 0 Å². The molecule has 2 aromatic carbocycles. The predicted octanol–water partition coefficient (Wildman–Crippen LogP) is 3.88. The average molecular weight is 323 g/mol. The first kappa shape index (κ1) is 16.2. The molecule has 4 heteroatoms. The lowest BCUT2D eigenvalue weighted by Gasteiger charge is -2.18. The van der Waals surface area contributed by atoms with Crippen LogP contribution in [0.4, 0.5) is 5.69 Å². The lowest BCUT2D eigenvalue weighted by Crippen LogP contribution is -2.28. The standard InChI is InChI=1S/C20H21NO3/c1-13(2)24-18-7-4-15(5-8-18)20(23)21-11-10-17-12-16(14(3)22)6-9-19(17)21/h4-9,12-13H,10-11H2,1-3H3. The SMILES string of the molecule is CC(=O)c1ccc2c(c1)CCN2C(=O)c1ccc(OC(C)C)cc1. The van der Waals surface area contributed by atoms with E-state index < -0.39 is 0 Å². The zero-order valence-corrected chi connectivity index (χ0v) is 14.2. The van der Waals surface area contributed by atoms with Gasteiger partial charge in [-0.3, -0.25) is 9.59 Å². The van der Waals surface area contributed by atoms with Crippen LogP contribution in [-0.2, 0) is 6.42 Å². The molecule has 0 aliphatic carbocycles. The van der Waals surface area contributed by atoms with Crippen LogP contribution in [0.25, 0.3) is 0 Å². The van der Waals surface area contributed by atoms with Crippen molar-refractivity contribution in [3.8, 4) is 5.75 Å². The normalized spacial score (nSPS) is 13.1. The number of Topliss-reactive ketones (excluding diaryl/α,β-unsaturated/α-hetero) is 1. The quantitative estimate of drug-likeness (QED) is 0.802. The van der Waals surface area contributed by atoms with E-state index in [9.17, 15) is 9.59 Å². The number of nitrogens with zero attached hydrogens (tertiary/aromatic N) is 1. The number of ketones is 1. The van der Waals surface area contributed by atoms with Crippen LogP contribution in [0, 0.1) is 0 Å². The van der Waals surface area contributed by atoms with Gasteiger partial charge in [-0.1, -0.05) is 0 Å². The number of hydrogen-bond acceptors (Lipinski definition) is 3. The average Bonchev–Trinajstić information content (AvgIpc) is 2.97. The second-order valence-electron chi connectivity index (χ2n) is 6.30. The highest BCUT2D eigenvalue weighted by molar-refractivity contribution is 6.07. The molecule has 1 aliphatic heterocycles. The van der Waals surface area contributed by atoms with E-state index in [4.69, 9.17) is 4.74 Å². The van der Waals surface area contributed by atoms with Crippen LogP contribution in [0.3, 0.4) is 0 Å². The fourth-order valence-corrected chi connectivity index (χ4v) is 2.94. The van der Waals surface area contributed by atoms with Gasteiger partial charge in [-0.15, -0.1) is 0 Å². The lowest BCUT2D eigenvalue weighted by molar-refractivity contribution is 0.0987. The zero-order valence-electron chi connectivity index (χ0n) is 14.2. The van der Waals surface area contributed by atoms with Gasteiger partial charge in [-0.2, -0.15) is 0 Å². The van der Waals surface area contributed by atoms with Crippen molar-refractivity contribution in [3.05, 3.63) is 59.2 Å². The first-order valence-corrected chi connectivity index (χ1v) is 8.18. The fourth-order valence-electron chi connectivity index (χ4n) is 2.94. The van der Waals surface area contributed by atoms with Crippen molar-refractivity contribution >= 4 is 17.4 Å². The number of hydrogen-bond donors (Lipinski definition) is 0. The molecule has 2 aromatic rings. The predicted molar refractivity (Wildman–Crippen MR) is 94.0 cm³/mol. The number of benzene rings is 2. The van der Waals surface area contributed by atoms with Gasteiger partial charge in [-0.25, -0.2) is 0 Å². The summed E-state index contributed by atoms with van der Waals surface area (Å²) in [7, 11) is 0. The number of carbonyl (C=O) groups excluding carboxylic acids is 2. The van der Waals surface area contributed by atoms with E-state index in [0.29, 0.717) is 17.7 Å². The molecule has 0 unspecified atom stereocenters. The summed E-state index contributed by atoms with van der Waals surface area (Å²) in [5.74, 6) is 0.776. The Hall–Kier alpha value is -2.62. The Bertz CT molecular complexity index is 778. The molecule has 0 radical (unpaired) electrons. The van der Waals surface area contributed by atoms with Gasteiger partial charge in [0.15, 0.2) is 5.78 Å². The molecule has 0 aromatic heterocycles. The number of amides is 1. The summed E-state index contributed by atoms with van der Waals surface area (Å²) in [6.45, 7) is 6.13. The molecule has 0 fully saturated rings. The minimum atomic E-state index is -0.0274. The number of rotatable bonds is 4. The summed E-state index contributed by atoms with van der Waals surface area (Å²) in [5, 5.41) is 0. The summed E-state index contributed by atoms with van der Waals surface area (Å²) in [5.41, 5.74) is 3.27. The summed E-state index contributed by atoms with van der Waals surface area (Å²) in [6, 6.07) is 12.8. The fraction of sp³-hybridized carbons (Fsp3) is 0.300. The molecular formula is C20H21NO3. The van der Waals surface area contributed by atoms with Gasteiger partial charge in [0, 0.05) is 23.4 Å². The van der Waals surface area contributed by atoms with Crippen LogP contribution in [0.5, 0.6) is 5.75 Å². The maximum atomic E-state index is 12.8. The van der Waals surface area contributed by atoms with Crippen LogP contribution in [-0.4, -0.2) is 24.3 Å². The Kier molecular flexibility index (Phi) is 4.38. The Balaban J connectivity index is 1.81. The third-order valence-electron chi connectivity index (χ3n) is 4.10. The molecule has 0 saturated carbocycles. The van der Waals surface area contributed by atoms with Gasteiger partial charge in [0.1, 0.15) is 5.75 Å². The maximum absolute atomic E-state index is 12.8. The second kappa shape index (κ2) is 6.48. The molecule has 0 N–H and O–H groups in total. The molecule has 0 bridgehead atoms. The molecule has 1 heterocycles. The Labute approximate surface area is 142 Å². The third-order valence-corrected chi connectivity index (χ3v) is 4.10. The van der Waals surface area contributed by atoms with Gasteiger partial charge in [-0.05, 0) is 75.2 Å². The monoisotopic (exact) mass is 323 g/mol. The summed E-state index contributed by atoms with van der Waals surface area (Å²) in [6.07, 6.45) is 0.879. The molecule has 0 saturated heterocycles. The molecular weight excluding hydrogens is 302 g/mol. The molecule has 4 nitrogen and oxygen atoms in total.